The monoisotopic (exact) mass is 328 g/mol. The van der Waals surface area contributed by atoms with Crippen molar-refractivity contribution in [1.82, 2.24) is 9.88 Å². The topological polar surface area (TPSA) is 34.0 Å². The summed E-state index contributed by atoms with van der Waals surface area (Å²) >= 11 is 1.60. The van der Waals surface area contributed by atoms with Gasteiger partial charge in [0, 0.05) is 23.8 Å². The third-order valence-electron chi connectivity index (χ3n) is 3.80. The Morgan fingerprint density at radius 1 is 1.17 bits per heavy atom. The maximum absolute atomic E-state index is 12.9. The molecule has 0 spiro atoms. The van der Waals surface area contributed by atoms with E-state index in [1.807, 2.05) is 42.9 Å². The quantitative estimate of drug-likeness (QED) is 0.764. The maximum Gasteiger partial charge on any atom is 0.254 e. The smallest absolute Gasteiger partial charge is 0.254 e. The number of carbonyl (C=O) groups excluding carboxylic acids is 1. The molecule has 23 heavy (non-hydrogen) atoms. The highest BCUT2D eigenvalue weighted by Gasteiger charge is 2.20. The average Bonchev–Trinajstić information content (AvgIpc) is 3.16. The molecule has 0 atom stereocenters. The van der Waals surface area contributed by atoms with E-state index in [0.717, 1.165) is 21.0 Å². The van der Waals surface area contributed by atoms with Crippen LogP contribution in [0.1, 0.15) is 26.4 Å². The van der Waals surface area contributed by atoms with Crippen LogP contribution in [0.5, 0.6) is 0 Å². The Hall–Kier alpha value is -2.40. The average molecular weight is 328 g/mol. The summed E-state index contributed by atoms with van der Waals surface area (Å²) in [6, 6.07) is 10.0. The summed E-state index contributed by atoms with van der Waals surface area (Å²) in [4.78, 5) is 13.8. The van der Waals surface area contributed by atoms with Crippen LogP contribution in [0, 0.1) is 19.7 Å². The molecule has 0 aliphatic carbocycles. The molecule has 0 bridgehead atoms. The Bertz CT molecular complexity index is 820. The van der Waals surface area contributed by atoms with Crippen molar-refractivity contribution in [2.75, 3.05) is 0 Å². The predicted molar refractivity (Wildman–Crippen MR) is 90.7 cm³/mol. The van der Waals surface area contributed by atoms with Gasteiger partial charge in [-0.3, -0.25) is 4.79 Å². The van der Waals surface area contributed by atoms with Crippen molar-refractivity contribution in [3.8, 4) is 5.00 Å². The molecule has 0 aliphatic rings. The number of rotatable bonds is 4. The fourth-order valence-corrected chi connectivity index (χ4v) is 3.52. The van der Waals surface area contributed by atoms with Crippen molar-refractivity contribution in [3.63, 3.8) is 0 Å². The molecule has 0 fully saturated rings. The standard InChI is InChI=1S/C18H17FN2OS/c1-12-13(2)23-18(21-9-3-4-10-21)16(12)17(22)20-11-14-5-7-15(19)8-6-14/h3-10H,11H2,1-2H3,(H,20,22). The molecule has 0 aliphatic heterocycles. The van der Waals surface area contributed by atoms with E-state index >= 15 is 0 Å². The molecule has 1 amide bonds. The number of hydrogen-bond donors (Lipinski definition) is 1. The van der Waals surface area contributed by atoms with E-state index in [4.69, 9.17) is 0 Å². The van der Waals surface area contributed by atoms with Crippen LogP contribution in [0.25, 0.3) is 5.00 Å². The lowest BCUT2D eigenvalue weighted by Crippen LogP contribution is -2.24. The van der Waals surface area contributed by atoms with Crippen molar-refractivity contribution < 1.29 is 9.18 Å². The predicted octanol–water partition coefficient (Wildman–Crippen LogP) is 4.22. The van der Waals surface area contributed by atoms with Gasteiger partial charge in [-0.05, 0) is 49.2 Å². The second-order valence-corrected chi connectivity index (χ2v) is 6.57. The molecule has 3 aromatic rings. The molecule has 1 aromatic carbocycles. The summed E-state index contributed by atoms with van der Waals surface area (Å²) in [7, 11) is 0. The van der Waals surface area contributed by atoms with Gasteiger partial charge in [0.1, 0.15) is 10.8 Å². The summed E-state index contributed by atoms with van der Waals surface area (Å²) in [5.41, 5.74) is 2.56. The van der Waals surface area contributed by atoms with E-state index in [1.54, 1.807) is 23.5 Å². The molecule has 1 N–H and O–H groups in total. The number of aryl methyl sites for hydroxylation is 1. The Morgan fingerprint density at radius 2 is 1.83 bits per heavy atom. The lowest BCUT2D eigenvalue weighted by molar-refractivity contribution is 0.0950. The normalized spacial score (nSPS) is 10.7. The molecule has 5 heteroatoms. The molecule has 0 radical (unpaired) electrons. The lowest BCUT2D eigenvalue weighted by atomic mass is 10.1. The fraction of sp³-hybridized carbons (Fsp3) is 0.167. The second-order valence-electron chi connectivity index (χ2n) is 5.36. The van der Waals surface area contributed by atoms with Crippen molar-refractivity contribution in [1.29, 1.82) is 0 Å². The Kier molecular flexibility index (Phi) is 4.30. The third-order valence-corrected chi connectivity index (χ3v) is 5.02. The molecule has 3 nitrogen and oxygen atoms in total. The molecule has 2 aromatic heterocycles. The van der Waals surface area contributed by atoms with Crippen LogP contribution in [-0.2, 0) is 6.54 Å². The van der Waals surface area contributed by atoms with Gasteiger partial charge in [-0.2, -0.15) is 0 Å². The summed E-state index contributed by atoms with van der Waals surface area (Å²) in [6.45, 7) is 4.36. The number of hydrogen-bond acceptors (Lipinski definition) is 2. The summed E-state index contributed by atoms with van der Waals surface area (Å²) in [5, 5.41) is 3.84. The van der Waals surface area contributed by atoms with Crippen LogP contribution < -0.4 is 5.32 Å². The molecular formula is C18H17FN2OS. The first-order valence-electron chi connectivity index (χ1n) is 7.32. The number of nitrogens with zero attached hydrogens (tertiary/aromatic N) is 1. The van der Waals surface area contributed by atoms with Crippen molar-refractivity contribution in [3.05, 3.63) is 76.2 Å². The van der Waals surface area contributed by atoms with Gasteiger partial charge in [-0.1, -0.05) is 12.1 Å². The first-order valence-corrected chi connectivity index (χ1v) is 8.14. The highest BCUT2D eigenvalue weighted by molar-refractivity contribution is 7.15. The van der Waals surface area contributed by atoms with E-state index in [2.05, 4.69) is 5.32 Å². The highest BCUT2D eigenvalue weighted by atomic mass is 32.1. The van der Waals surface area contributed by atoms with Crippen LogP contribution in [0.15, 0.2) is 48.8 Å². The first kappa shape index (κ1) is 15.5. The largest absolute Gasteiger partial charge is 0.348 e. The fourth-order valence-electron chi connectivity index (χ4n) is 2.40. The first-order chi connectivity index (χ1) is 11.1. The number of halogens is 1. The van der Waals surface area contributed by atoms with Crippen molar-refractivity contribution >= 4 is 17.2 Å². The molecule has 0 saturated heterocycles. The van der Waals surface area contributed by atoms with Gasteiger partial charge in [0.25, 0.3) is 5.91 Å². The van der Waals surface area contributed by atoms with Gasteiger partial charge >= 0.3 is 0 Å². The van der Waals surface area contributed by atoms with E-state index < -0.39 is 0 Å². The number of aromatic nitrogens is 1. The van der Waals surface area contributed by atoms with Crippen LogP contribution in [0.4, 0.5) is 4.39 Å². The van der Waals surface area contributed by atoms with Crippen LogP contribution in [-0.4, -0.2) is 10.5 Å². The Morgan fingerprint density at radius 3 is 2.48 bits per heavy atom. The lowest BCUT2D eigenvalue weighted by Gasteiger charge is -2.08. The number of thiophene rings is 1. The van der Waals surface area contributed by atoms with Gasteiger partial charge in [0.2, 0.25) is 0 Å². The molecule has 2 heterocycles. The van der Waals surface area contributed by atoms with Gasteiger partial charge in [0.05, 0.1) is 5.56 Å². The van der Waals surface area contributed by atoms with Crippen LogP contribution in [0.2, 0.25) is 0 Å². The zero-order valence-corrected chi connectivity index (χ0v) is 13.8. The molecule has 3 rings (SSSR count). The number of amides is 1. The summed E-state index contributed by atoms with van der Waals surface area (Å²) < 4.78 is 14.9. The Labute approximate surface area is 138 Å². The number of carbonyl (C=O) groups is 1. The van der Waals surface area contributed by atoms with Gasteiger partial charge in [-0.25, -0.2) is 4.39 Å². The molecule has 0 unspecified atom stereocenters. The van der Waals surface area contributed by atoms with Crippen molar-refractivity contribution in [2.45, 2.75) is 20.4 Å². The zero-order valence-electron chi connectivity index (χ0n) is 13.0. The van der Waals surface area contributed by atoms with Gasteiger partial charge in [-0.15, -0.1) is 11.3 Å². The van der Waals surface area contributed by atoms with E-state index in [-0.39, 0.29) is 11.7 Å². The van der Waals surface area contributed by atoms with Crippen LogP contribution in [0.3, 0.4) is 0 Å². The maximum atomic E-state index is 12.9. The Balaban J connectivity index is 1.83. The van der Waals surface area contributed by atoms with Gasteiger partial charge in [0.15, 0.2) is 0 Å². The minimum atomic E-state index is -0.278. The molecular weight excluding hydrogens is 311 g/mol. The van der Waals surface area contributed by atoms with E-state index in [9.17, 15) is 9.18 Å². The number of benzene rings is 1. The van der Waals surface area contributed by atoms with E-state index in [0.29, 0.717) is 12.1 Å². The minimum Gasteiger partial charge on any atom is -0.348 e. The zero-order chi connectivity index (χ0) is 16.4. The summed E-state index contributed by atoms with van der Waals surface area (Å²) in [6.07, 6.45) is 3.86. The minimum absolute atomic E-state index is 0.111. The van der Waals surface area contributed by atoms with Crippen molar-refractivity contribution in [2.24, 2.45) is 0 Å². The van der Waals surface area contributed by atoms with Gasteiger partial charge < -0.3 is 9.88 Å². The highest BCUT2D eigenvalue weighted by Crippen LogP contribution is 2.30. The molecule has 118 valence electrons. The van der Waals surface area contributed by atoms with Crippen LogP contribution >= 0.6 is 11.3 Å². The third kappa shape index (κ3) is 3.19. The molecule has 0 saturated carbocycles. The second kappa shape index (κ2) is 6.38. The SMILES string of the molecule is Cc1sc(-n2cccc2)c(C(=O)NCc2ccc(F)cc2)c1C. The number of nitrogens with one attached hydrogen (secondary N) is 1. The van der Waals surface area contributed by atoms with E-state index in [1.165, 1.54) is 12.1 Å². The summed E-state index contributed by atoms with van der Waals surface area (Å²) in [5.74, 6) is -0.390.